The lowest BCUT2D eigenvalue weighted by atomic mass is 10.1. The molecule has 5 heteroatoms. The van der Waals surface area contributed by atoms with Crippen molar-refractivity contribution in [3.8, 4) is 11.3 Å². The fourth-order valence-electron chi connectivity index (χ4n) is 2.61. The summed E-state index contributed by atoms with van der Waals surface area (Å²) in [6.07, 6.45) is 0. The Kier molecular flexibility index (Phi) is 2.98. The summed E-state index contributed by atoms with van der Waals surface area (Å²) in [6.45, 7) is 0. The highest BCUT2D eigenvalue weighted by Gasteiger charge is 2.11. The van der Waals surface area contributed by atoms with Gasteiger partial charge in [-0.3, -0.25) is 4.40 Å². The first-order valence-electron chi connectivity index (χ1n) is 6.98. The Hall–Kier alpha value is -2.59. The molecular weight excluding hydrogens is 296 g/mol. The third-order valence-corrected chi connectivity index (χ3v) is 3.93. The van der Waals surface area contributed by atoms with Gasteiger partial charge in [-0.25, -0.2) is 9.97 Å². The zero-order valence-electron chi connectivity index (χ0n) is 11.9. The summed E-state index contributed by atoms with van der Waals surface area (Å²) in [5, 5.41) is 3.94. The number of anilines is 1. The first kappa shape index (κ1) is 13.1. The molecule has 0 aliphatic rings. The predicted octanol–water partition coefficient (Wildman–Crippen LogP) is 4.24. The molecule has 0 fully saturated rings. The SMILES string of the molecule is CNc1cc(-c2ccc(Cl)cc2)nc2nc3ccccc3n12. The van der Waals surface area contributed by atoms with Crippen LogP contribution in [0, 0.1) is 0 Å². The highest BCUT2D eigenvalue weighted by atomic mass is 35.5. The number of halogens is 1. The zero-order chi connectivity index (χ0) is 15.1. The van der Waals surface area contributed by atoms with Gasteiger partial charge in [0.2, 0.25) is 5.78 Å². The summed E-state index contributed by atoms with van der Waals surface area (Å²) in [6, 6.07) is 17.7. The van der Waals surface area contributed by atoms with Crippen LogP contribution in [-0.4, -0.2) is 21.4 Å². The highest BCUT2D eigenvalue weighted by molar-refractivity contribution is 6.30. The number of benzene rings is 2. The van der Waals surface area contributed by atoms with Crippen LogP contribution in [0.1, 0.15) is 0 Å². The Balaban J connectivity index is 2.02. The highest BCUT2D eigenvalue weighted by Crippen LogP contribution is 2.26. The molecule has 1 N–H and O–H groups in total. The Morgan fingerprint density at radius 3 is 2.55 bits per heavy atom. The fourth-order valence-corrected chi connectivity index (χ4v) is 2.74. The van der Waals surface area contributed by atoms with E-state index >= 15 is 0 Å². The standard InChI is InChI=1S/C17H13ClN4/c1-19-16-10-14(11-6-8-12(18)9-7-11)21-17-20-13-4-2-3-5-15(13)22(16)17/h2-10,19H,1H3. The summed E-state index contributed by atoms with van der Waals surface area (Å²) in [5.41, 5.74) is 3.84. The molecule has 4 aromatic rings. The van der Waals surface area contributed by atoms with Crippen molar-refractivity contribution in [1.82, 2.24) is 14.4 Å². The van der Waals surface area contributed by atoms with Gasteiger partial charge in [0.25, 0.3) is 0 Å². The first-order valence-corrected chi connectivity index (χ1v) is 7.36. The van der Waals surface area contributed by atoms with E-state index < -0.39 is 0 Å². The van der Waals surface area contributed by atoms with Crippen LogP contribution in [-0.2, 0) is 0 Å². The van der Waals surface area contributed by atoms with Gasteiger partial charge >= 0.3 is 0 Å². The monoisotopic (exact) mass is 308 g/mol. The molecule has 4 nitrogen and oxygen atoms in total. The number of nitrogens with one attached hydrogen (secondary N) is 1. The van der Waals surface area contributed by atoms with Crippen LogP contribution in [0.5, 0.6) is 0 Å². The lowest BCUT2D eigenvalue weighted by molar-refractivity contribution is 1.13. The minimum atomic E-state index is 0.679. The lowest BCUT2D eigenvalue weighted by Gasteiger charge is -2.08. The Morgan fingerprint density at radius 1 is 1.00 bits per heavy atom. The van der Waals surface area contributed by atoms with Crippen molar-refractivity contribution < 1.29 is 0 Å². The maximum Gasteiger partial charge on any atom is 0.237 e. The fraction of sp³-hybridized carbons (Fsp3) is 0.0588. The van der Waals surface area contributed by atoms with Crippen molar-refractivity contribution >= 4 is 34.2 Å². The van der Waals surface area contributed by atoms with Crippen molar-refractivity contribution in [2.24, 2.45) is 0 Å². The van der Waals surface area contributed by atoms with E-state index in [0.29, 0.717) is 10.8 Å². The minimum absolute atomic E-state index is 0.679. The average Bonchev–Trinajstić information content (AvgIpc) is 2.93. The van der Waals surface area contributed by atoms with E-state index in [1.165, 1.54) is 0 Å². The van der Waals surface area contributed by atoms with Crippen LogP contribution < -0.4 is 5.32 Å². The molecule has 0 aliphatic carbocycles. The maximum absolute atomic E-state index is 5.96. The van der Waals surface area contributed by atoms with Gasteiger partial charge in [0.15, 0.2) is 0 Å². The molecule has 0 saturated heterocycles. The van der Waals surface area contributed by atoms with Gasteiger partial charge in [-0.05, 0) is 24.3 Å². The topological polar surface area (TPSA) is 42.2 Å². The van der Waals surface area contributed by atoms with Crippen LogP contribution in [0.4, 0.5) is 5.82 Å². The van der Waals surface area contributed by atoms with Crippen LogP contribution >= 0.6 is 11.6 Å². The van der Waals surface area contributed by atoms with Gasteiger partial charge in [0.1, 0.15) is 5.82 Å². The molecular formula is C17H13ClN4. The van der Waals surface area contributed by atoms with Crippen LogP contribution in [0.15, 0.2) is 54.6 Å². The largest absolute Gasteiger partial charge is 0.374 e. The number of rotatable bonds is 2. The second kappa shape index (κ2) is 5.00. The van der Waals surface area contributed by atoms with Crippen LogP contribution in [0.3, 0.4) is 0 Å². The average molecular weight is 309 g/mol. The summed E-state index contributed by atoms with van der Waals surface area (Å²) >= 11 is 5.96. The van der Waals surface area contributed by atoms with E-state index in [-0.39, 0.29) is 0 Å². The molecule has 0 spiro atoms. The van der Waals surface area contributed by atoms with Gasteiger partial charge in [-0.1, -0.05) is 35.9 Å². The van der Waals surface area contributed by atoms with Crippen LogP contribution in [0.2, 0.25) is 5.02 Å². The number of hydrogen-bond acceptors (Lipinski definition) is 3. The smallest absolute Gasteiger partial charge is 0.237 e. The molecule has 0 amide bonds. The Bertz CT molecular complexity index is 973. The molecule has 0 atom stereocenters. The number of para-hydroxylation sites is 2. The van der Waals surface area contributed by atoms with Crippen molar-refractivity contribution in [1.29, 1.82) is 0 Å². The Morgan fingerprint density at radius 2 is 1.77 bits per heavy atom. The molecule has 2 aromatic heterocycles. The number of nitrogens with zero attached hydrogens (tertiary/aromatic N) is 3. The van der Waals surface area contributed by atoms with E-state index in [0.717, 1.165) is 28.1 Å². The molecule has 0 saturated carbocycles. The third-order valence-electron chi connectivity index (χ3n) is 3.67. The quantitative estimate of drug-likeness (QED) is 0.602. The Labute approximate surface area is 132 Å². The number of fused-ring (bicyclic) bond motifs is 3. The summed E-state index contributed by atoms with van der Waals surface area (Å²) in [5.74, 6) is 1.63. The molecule has 2 heterocycles. The first-order chi connectivity index (χ1) is 10.8. The van der Waals surface area contributed by atoms with E-state index in [4.69, 9.17) is 11.6 Å². The zero-order valence-corrected chi connectivity index (χ0v) is 12.7. The molecule has 4 rings (SSSR count). The summed E-state index contributed by atoms with van der Waals surface area (Å²) in [4.78, 5) is 9.30. The second-order valence-electron chi connectivity index (χ2n) is 5.02. The second-order valence-corrected chi connectivity index (χ2v) is 5.46. The van der Waals surface area contributed by atoms with E-state index in [1.807, 2.05) is 66.0 Å². The predicted molar refractivity (Wildman–Crippen MR) is 90.5 cm³/mol. The van der Waals surface area contributed by atoms with Crippen molar-refractivity contribution in [3.63, 3.8) is 0 Å². The van der Waals surface area contributed by atoms with Crippen molar-refractivity contribution in [2.45, 2.75) is 0 Å². The van der Waals surface area contributed by atoms with Crippen LogP contribution in [0.25, 0.3) is 28.1 Å². The lowest BCUT2D eigenvalue weighted by Crippen LogP contribution is -2.01. The van der Waals surface area contributed by atoms with Gasteiger partial charge in [-0.15, -0.1) is 0 Å². The van der Waals surface area contributed by atoms with E-state index in [9.17, 15) is 0 Å². The molecule has 22 heavy (non-hydrogen) atoms. The maximum atomic E-state index is 5.96. The van der Waals surface area contributed by atoms with E-state index in [1.54, 1.807) is 0 Å². The molecule has 0 radical (unpaired) electrons. The third kappa shape index (κ3) is 2.00. The normalized spacial score (nSPS) is 11.2. The molecule has 108 valence electrons. The van der Waals surface area contributed by atoms with Gasteiger partial charge in [-0.2, -0.15) is 0 Å². The minimum Gasteiger partial charge on any atom is -0.374 e. The molecule has 0 bridgehead atoms. The molecule has 0 aliphatic heterocycles. The van der Waals surface area contributed by atoms with Crippen molar-refractivity contribution in [3.05, 3.63) is 59.6 Å². The van der Waals surface area contributed by atoms with E-state index in [2.05, 4.69) is 15.3 Å². The summed E-state index contributed by atoms with van der Waals surface area (Å²) < 4.78 is 2.02. The molecule has 2 aromatic carbocycles. The number of hydrogen-bond donors (Lipinski definition) is 1. The van der Waals surface area contributed by atoms with Crippen molar-refractivity contribution in [2.75, 3.05) is 12.4 Å². The molecule has 0 unspecified atom stereocenters. The van der Waals surface area contributed by atoms with Gasteiger partial charge in [0.05, 0.1) is 16.7 Å². The summed E-state index contributed by atoms with van der Waals surface area (Å²) in [7, 11) is 1.90. The number of aromatic nitrogens is 3. The van der Waals surface area contributed by atoms with Gasteiger partial charge in [0, 0.05) is 23.7 Å². The van der Waals surface area contributed by atoms with Gasteiger partial charge < -0.3 is 5.32 Å². The number of imidazole rings is 1.